The van der Waals surface area contributed by atoms with Gasteiger partial charge in [0, 0.05) is 12.7 Å². The quantitative estimate of drug-likeness (QED) is 0.745. The molecule has 1 rings (SSSR count). The molecule has 0 fully saturated rings. The molecule has 4 nitrogen and oxygen atoms in total. The number of aryl methyl sites for hydroxylation is 2. The highest BCUT2D eigenvalue weighted by molar-refractivity contribution is 8.00. The van der Waals surface area contributed by atoms with Crippen LogP contribution in [0.2, 0.25) is 0 Å². The van der Waals surface area contributed by atoms with E-state index in [1.165, 1.54) is 11.8 Å². The summed E-state index contributed by atoms with van der Waals surface area (Å²) in [5.74, 6) is -0.708. The molecule has 0 atom stereocenters. The molecule has 0 radical (unpaired) electrons. The minimum absolute atomic E-state index is 0.0906. The average Bonchev–Trinajstić information content (AvgIpc) is 2.24. The Bertz CT molecular complexity index is 333. The van der Waals surface area contributed by atoms with Crippen molar-refractivity contribution < 1.29 is 9.90 Å². The zero-order valence-electron chi connectivity index (χ0n) is 7.87. The summed E-state index contributed by atoms with van der Waals surface area (Å²) in [6.45, 7) is 3.82. The molecular formula is C8H12N2O2S. The van der Waals surface area contributed by atoms with E-state index in [0.29, 0.717) is 0 Å². The average molecular weight is 200 g/mol. The van der Waals surface area contributed by atoms with Crippen molar-refractivity contribution in [2.24, 2.45) is 7.05 Å². The maximum atomic E-state index is 10.4. The fraction of sp³-hybridized carbons (Fsp3) is 0.500. The third-order valence-corrected chi connectivity index (χ3v) is 3.05. The van der Waals surface area contributed by atoms with Crippen molar-refractivity contribution in [3.63, 3.8) is 0 Å². The molecule has 0 aliphatic carbocycles. The maximum absolute atomic E-state index is 10.4. The van der Waals surface area contributed by atoms with Gasteiger partial charge in [-0.2, -0.15) is 5.10 Å². The minimum atomic E-state index is -0.798. The Morgan fingerprint density at radius 3 is 2.62 bits per heavy atom. The van der Waals surface area contributed by atoms with Crippen molar-refractivity contribution in [3.8, 4) is 0 Å². The van der Waals surface area contributed by atoms with Gasteiger partial charge < -0.3 is 5.11 Å². The third kappa shape index (κ3) is 2.24. The van der Waals surface area contributed by atoms with Crippen LogP contribution in [0.1, 0.15) is 11.4 Å². The Hall–Kier alpha value is -0.970. The summed E-state index contributed by atoms with van der Waals surface area (Å²) in [5.41, 5.74) is 1.91. The van der Waals surface area contributed by atoms with E-state index in [-0.39, 0.29) is 5.75 Å². The van der Waals surface area contributed by atoms with Gasteiger partial charge in [0.2, 0.25) is 0 Å². The highest BCUT2D eigenvalue weighted by atomic mass is 32.2. The van der Waals surface area contributed by atoms with Crippen LogP contribution < -0.4 is 0 Å². The van der Waals surface area contributed by atoms with Crippen LogP contribution >= 0.6 is 11.8 Å². The Morgan fingerprint density at radius 2 is 2.23 bits per heavy atom. The maximum Gasteiger partial charge on any atom is 0.313 e. The summed E-state index contributed by atoms with van der Waals surface area (Å²) in [5, 5.41) is 12.7. The van der Waals surface area contributed by atoms with Gasteiger partial charge in [0.05, 0.1) is 16.3 Å². The Morgan fingerprint density at radius 1 is 1.62 bits per heavy atom. The largest absolute Gasteiger partial charge is 0.481 e. The number of carbonyl (C=O) groups is 1. The molecule has 1 heterocycles. The van der Waals surface area contributed by atoms with Gasteiger partial charge in [0.15, 0.2) is 0 Å². The van der Waals surface area contributed by atoms with E-state index < -0.39 is 5.97 Å². The van der Waals surface area contributed by atoms with E-state index in [0.717, 1.165) is 16.3 Å². The molecule has 0 aromatic carbocycles. The van der Waals surface area contributed by atoms with Crippen LogP contribution in [0.3, 0.4) is 0 Å². The van der Waals surface area contributed by atoms with Crippen LogP contribution in [0.15, 0.2) is 4.90 Å². The van der Waals surface area contributed by atoms with Crippen LogP contribution in [0.4, 0.5) is 0 Å². The van der Waals surface area contributed by atoms with E-state index in [2.05, 4.69) is 5.10 Å². The van der Waals surface area contributed by atoms with Crippen LogP contribution in [-0.4, -0.2) is 26.6 Å². The van der Waals surface area contributed by atoms with Gasteiger partial charge in [0.25, 0.3) is 0 Å². The number of carboxylic acid groups (broad SMARTS) is 1. The summed E-state index contributed by atoms with van der Waals surface area (Å²) in [7, 11) is 1.85. The molecule has 0 bridgehead atoms. The van der Waals surface area contributed by atoms with Gasteiger partial charge in [-0.1, -0.05) is 0 Å². The smallest absolute Gasteiger partial charge is 0.313 e. The molecule has 0 saturated heterocycles. The Labute approximate surface area is 80.9 Å². The van der Waals surface area contributed by atoms with Crippen molar-refractivity contribution in [2.75, 3.05) is 5.75 Å². The fourth-order valence-corrected chi connectivity index (χ4v) is 1.96. The van der Waals surface area contributed by atoms with E-state index in [1.54, 1.807) is 4.68 Å². The van der Waals surface area contributed by atoms with Crippen LogP contribution in [0, 0.1) is 13.8 Å². The van der Waals surface area contributed by atoms with Crippen molar-refractivity contribution in [1.82, 2.24) is 9.78 Å². The molecule has 5 heteroatoms. The zero-order valence-corrected chi connectivity index (χ0v) is 8.68. The molecule has 0 aliphatic rings. The molecular weight excluding hydrogens is 188 g/mol. The van der Waals surface area contributed by atoms with Crippen molar-refractivity contribution in [1.29, 1.82) is 0 Å². The number of hydrogen-bond donors (Lipinski definition) is 1. The van der Waals surface area contributed by atoms with Crippen molar-refractivity contribution in [2.45, 2.75) is 18.7 Å². The van der Waals surface area contributed by atoms with Crippen LogP contribution in [0.5, 0.6) is 0 Å². The fourth-order valence-electron chi connectivity index (χ4n) is 1.10. The zero-order chi connectivity index (χ0) is 10.0. The predicted octanol–water partition coefficient (Wildman–Crippen LogP) is 1.21. The molecule has 0 amide bonds. The van der Waals surface area contributed by atoms with Crippen LogP contribution in [-0.2, 0) is 11.8 Å². The normalized spacial score (nSPS) is 10.4. The number of nitrogens with zero attached hydrogens (tertiary/aromatic N) is 2. The Balaban J connectivity index is 2.81. The van der Waals surface area contributed by atoms with E-state index in [1.807, 2.05) is 20.9 Å². The number of hydrogen-bond acceptors (Lipinski definition) is 3. The molecule has 0 aliphatic heterocycles. The summed E-state index contributed by atoms with van der Waals surface area (Å²) in [4.78, 5) is 11.3. The molecule has 0 spiro atoms. The number of rotatable bonds is 3. The second-order valence-corrected chi connectivity index (χ2v) is 3.79. The predicted molar refractivity (Wildman–Crippen MR) is 51.0 cm³/mol. The first kappa shape index (κ1) is 10.1. The molecule has 1 aromatic heterocycles. The topological polar surface area (TPSA) is 55.1 Å². The summed E-state index contributed by atoms with van der Waals surface area (Å²) < 4.78 is 1.76. The standard InChI is InChI=1S/C8H12N2O2S/c1-5-8(13-4-7(11)12)6(2)10(3)9-5/h4H2,1-3H3,(H,11,12). The minimum Gasteiger partial charge on any atom is -0.481 e. The van der Waals surface area contributed by atoms with Crippen molar-refractivity contribution >= 4 is 17.7 Å². The first-order valence-corrected chi connectivity index (χ1v) is 4.85. The SMILES string of the molecule is Cc1nn(C)c(C)c1SCC(=O)O. The van der Waals surface area contributed by atoms with Gasteiger partial charge in [-0.15, -0.1) is 11.8 Å². The first-order chi connectivity index (χ1) is 6.02. The lowest BCUT2D eigenvalue weighted by atomic mass is 10.4. The monoisotopic (exact) mass is 200 g/mol. The second kappa shape index (κ2) is 3.83. The van der Waals surface area contributed by atoms with Gasteiger partial charge in [-0.05, 0) is 13.8 Å². The number of carboxylic acids is 1. The van der Waals surface area contributed by atoms with Gasteiger partial charge >= 0.3 is 5.97 Å². The van der Waals surface area contributed by atoms with E-state index in [9.17, 15) is 4.79 Å². The van der Waals surface area contributed by atoms with Crippen LogP contribution in [0.25, 0.3) is 0 Å². The van der Waals surface area contributed by atoms with E-state index in [4.69, 9.17) is 5.11 Å². The number of thioether (sulfide) groups is 1. The molecule has 1 aromatic rings. The second-order valence-electron chi connectivity index (χ2n) is 2.81. The van der Waals surface area contributed by atoms with Gasteiger partial charge in [0.1, 0.15) is 0 Å². The molecule has 1 N–H and O–H groups in total. The molecule has 0 unspecified atom stereocenters. The Kier molecular flexibility index (Phi) is 2.98. The third-order valence-electron chi connectivity index (χ3n) is 1.78. The lowest BCUT2D eigenvalue weighted by Crippen LogP contribution is -1.98. The highest BCUT2D eigenvalue weighted by Crippen LogP contribution is 2.24. The summed E-state index contributed by atoms with van der Waals surface area (Å²) in [6.07, 6.45) is 0. The molecule has 72 valence electrons. The number of aliphatic carboxylic acids is 1. The lowest BCUT2D eigenvalue weighted by Gasteiger charge is -1.98. The van der Waals surface area contributed by atoms with Crippen molar-refractivity contribution in [3.05, 3.63) is 11.4 Å². The lowest BCUT2D eigenvalue weighted by molar-refractivity contribution is -0.133. The number of aromatic nitrogens is 2. The first-order valence-electron chi connectivity index (χ1n) is 3.87. The van der Waals surface area contributed by atoms with Gasteiger partial charge in [-0.25, -0.2) is 0 Å². The summed E-state index contributed by atoms with van der Waals surface area (Å²) in [6, 6.07) is 0. The molecule has 13 heavy (non-hydrogen) atoms. The van der Waals surface area contributed by atoms with E-state index >= 15 is 0 Å². The summed E-state index contributed by atoms with van der Waals surface area (Å²) >= 11 is 1.32. The highest BCUT2D eigenvalue weighted by Gasteiger charge is 2.10. The van der Waals surface area contributed by atoms with Gasteiger partial charge in [-0.3, -0.25) is 9.48 Å². The molecule has 0 saturated carbocycles.